The molecule has 2 N–H and O–H groups in total. The van der Waals surface area contributed by atoms with E-state index < -0.39 is 0 Å². The van der Waals surface area contributed by atoms with Crippen molar-refractivity contribution in [2.75, 3.05) is 6.54 Å². The van der Waals surface area contributed by atoms with Crippen molar-refractivity contribution < 1.29 is 4.79 Å². The number of aromatic amines is 2. The van der Waals surface area contributed by atoms with Crippen LogP contribution in [0.1, 0.15) is 61.8 Å². The summed E-state index contributed by atoms with van der Waals surface area (Å²) in [6.45, 7) is 0.709. The molecule has 0 unspecified atom stereocenters. The largest absolute Gasteiger partial charge is 0.348 e. The fraction of sp³-hybridized carbons (Fsp3) is 0.476. The zero-order valence-electron chi connectivity index (χ0n) is 15.4. The second-order valence-electron chi connectivity index (χ2n) is 7.83. The second kappa shape index (κ2) is 6.83. The van der Waals surface area contributed by atoms with Gasteiger partial charge in [0.25, 0.3) is 0 Å². The normalized spacial score (nSPS) is 20.3. The Labute approximate surface area is 158 Å². The minimum Gasteiger partial charge on any atom is -0.348 e. The van der Waals surface area contributed by atoms with Crippen LogP contribution in [-0.4, -0.2) is 37.3 Å². The van der Waals surface area contributed by atoms with Gasteiger partial charge in [0.15, 0.2) is 0 Å². The summed E-state index contributed by atoms with van der Waals surface area (Å²) >= 11 is 0. The van der Waals surface area contributed by atoms with Gasteiger partial charge in [-0.3, -0.25) is 4.79 Å². The molecule has 1 fully saturated rings. The Kier molecular flexibility index (Phi) is 4.19. The Morgan fingerprint density at radius 2 is 2.07 bits per heavy atom. The van der Waals surface area contributed by atoms with Crippen LogP contribution in [0.5, 0.6) is 0 Å². The summed E-state index contributed by atoms with van der Waals surface area (Å²) in [5.41, 5.74) is 3.96. The third kappa shape index (κ3) is 3.03. The summed E-state index contributed by atoms with van der Waals surface area (Å²) in [6, 6.07) is 7.76. The van der Waals surface area contributed by atoms with Gasteiger partial charge in [0.2, 0.25) is 5.91 Å². The molecule has 1 aromatic carbocycles. The molecular weight excluding hydrogens is 338 g/mol. The van der Waals surface area contributed by atoms with Crippen LogP contribution in [0.2, 0.25) is 0 Å². The molecule has 3 heterocycles. The smallest absolute Gasteiger partial charge is 0.223 e. The summed E-state index contributed by atoms with van der Waals surface area (Å²) < 4.78 is 0. The Bertz CT molecular complexity index is 919. The van der Waals surface area contributed by atoms with Crippen molar-refractivity contribution in [2.24, 2.45) is 5.92 Å². The topological polar surface area (TPSA) is 77.7 Å². The van der Waals surface area contributed by atoms with Crippen molar-refractivity contribution in [3.63, 3.8) is 0 Å². The van der Waals surface area contributed by atoms with Gasteiger partial charge in [-0.05, 0) is 24.5 Å². The fourth-order valence-corrected chi connectivity index (χ4v) is 4.69. The number of amides is 1. The molecule has 1 atom stereocenters. The molecule has 2 aliphatic rings. The molecule has 0 saturated heterocycles. The first kappa shape index (κ1) is 16.5. The fourth-order valence-electron chi connectivity index (χ4n) is 4.69. The van der Waals surface area contributed by atoms with Gasteiger partial charge < -0.3 is 14.9 Å². The zero-order chi connectivity index (χ0) is 18.2. The number of H-pyrrole nitrogens is 2. The van der Waals surface area contributed by atoms with Crippen LogP contribution in [0.4, 0.5) is 0 Å². The summed E-state index contributed by atoms with van der Waals surface area (Å²) in [5.74, 6) is 1.75. The predicted octanol–water partition coefficient (Wildman–Crippen LogP) is 3.73. The van der Waals surface area contributed by atoms with Gasteiger partial charge >= 0.3 is 0 Å². The first-order valence-electron chi connectivity index (χ1n) is 10.1. The average molecular weight is 363 g/mol. The van der Waals surface area contributed by atoms with Gasteiger partial charge in [-0.1, -0.05) is 37.8 Å². The number of carbonyl (C=O) groups excluding carboxylic acids is 1. The van der Waals surface area contributed by atoms with E-state index in [2.05, 4.69) is 15.0 Å². The number of imidazole rings is 2. The maximum Gasteiger partial charge on any atom is 0.223 e. The molecule has 1 aliphatic heterocycles. The number of nitrogens with one attached hydrogen (secondary N) is 2. The van der Waals surface area contributed by atoms with Crippen LogP contribution in [0, 0.1) is 5.92 Å². The van der Waals surface area contributed by atoms with Gasteiger partial charge in [0.1, 0.15) is 11.9 Å². The molecule has 1 saturated carbocycles. The van der Waals surface area contributed by atoms with Crippen LogP contribution in [0.15, 0.2) is 30.6 Å². The van der Waals surface area contributed by atoms with Gasteiger partial charge in [0, 0.05) is 25.1 Å². The first-order valence-corrected chi connectivity index (χ1v) is 10.1. The van der Waals surface area contributed by atoms with E-state index in [1.54, 1.807) is 6.33 Å². The average Bonchev–Trinajstić information content (AvgIpc) is 3.45. The Morgan fingerprint density at radius 3 is 2.93 bits per heavy atom. The van der Waals surface area contributed by atoms with Crippen molar-refractivity contribution >= 4 is 16.9 Å². The maximum atomic E-state index is 13.1. The van der Waals surface area contributed by atoms with Crippen LogP contribution in [0.25, 0.3) is 11.0 Å². The van der Waals surface area contributed by atoms with E-state index in [0.717, 1.165) is 47.0 Å². The Morgan fingerprint density at radius 1 is 1.22 bits per heavy atom. The molecule has 3 aromatic rings. The van der Waals surface area contributed by atoms with Crippen molar-refractivity contribution in [1.82, 2.24) is 24.8 Å². The summed E-state index contributed by atoms with van der Waals surface area (Å²) in [5, 5.41) is 0. The van der Waals surface area contributed by atoms with Gasteiger partial charge in [-0.25, -0.2) is 9.97 Å². The summed E-state index contributed by atoms with van der Waals surface area (Å²) in [6.07, 6.45) is 9.39. The van der Waals surface area contributed by atoms with E-state index in [9.17, 15) is 4.79 Å². The number of fused-ring (bicyclic) bond motifs is 2. The maximum absolute atomic E-state index is 13.1. The lowest BCUT2D eigenvalue weighted by Gasteiger charge is -2.34. The van der Waals surface area contributed by atoms with Crippen LogP contribution >= 0.6 is 0 Å². The summed E-state index contributed by atoms with van der Waals surface area (Å²) in [4.78, 5) is 31.1. The number of benzene rings is 1. The van der Waals surface area contributed by atoms with E-state index >= 15 is 0 Å². The molecular formula is C21H25N5O. The Balaban J connectivity index is 1.45. The van der Waals surface area contributed by atoms with E-state index in [-0.39, 0.29) is 11.9 Å². The lowest BCUT2D eigenvalue weighted by molar-refractivity contribution is -0.133. The van der Waals surface area contributed by atoms with Crippen molar-refractivity contribution in [3.05, 3.63) is 47.8 Å². The third-order valence-corrected chi connectivity index (χ3v) is 6.15. The minimum atomic E-state index is -0.233. The quantitative estimate of drug-likeness (QED) is 0.741. The van der Waals surface area contributed by atoms with Gasteiger partial charge in [-0.15, -0.1) is 0 Å². The highest BCUT2D eigenvalue weighted by Crippen LogP contribution is 2.34. The van der Waals surface area contributed by atoms with E-state index in [1.165, 1.54) is 25.7 Å². The molecule has 0 bridgehead atoms. The van der Waals surface area contributed by atoms with Crippen LogP contribution in [-0.2, 0) is 11.2 Å². The number of rotatable bonds is 4. The molecule has 140 valence electrons. The van der Waals surface area contributed by atoms with Crippen molar-refractivity contribution in [2.45, 2.75) is 51.0 Å². The number of hydrogen-bond acceptors (Lipinski definition) is 3. The molecule has 0 spiro atoms. The van der Waals surface area contributed by atoms with Gasteiger partial charge in [-0.2, -0.15) is 0 Å². The molecule has 5 rings (SSSR count). The molecule has 1 amide bonds. The second-order valence-corrected chi connectivity index (χ2v) is 7.83. The lowest BCUT2D eigenvalue weighted by atomic mass is 9.98. The van der Waals surface area contributed by atoms with Crippen LogP contribution < -0.4 is 0 Å². The van der Waals surface area contributed by atoms with Gasteiger partial charge in [0.05, 0.1) is 23.1 Å². The number of para-hydroxylation sites is 2. The minimum absolute atomic E-state index is 0.223. The molecule has 1 aliphatic carbocycles. The predicted molar refractivity (Wildman–Crippen MR) is 103 cm³/mol. The highest BCUT2D eigenvalue weighted by atomic mass is 16.2. The molecule has 0 radical (unpaired) electrons. The first-order chi connectivity index (χ1) is 13.3. The number of aromatic nitrogens is 4. The zero-order valence-corrected chi connectivity index (χ0v) is 15.4. The number of hydrogen-bond donors (Lipinski definition) is 2. The van der Waals surface area contributed by atoms with E-state index in [4.69, 9.17) is 4.98 Å². The van der Waals surface area contributed by atoms with Crippen LogP contribution in [0.3, 0.4) is 0 Å². The van der Waals surface area contributed by atoms with Crippen molar-refractivity contribution in [1.29, 1.82) is 0 Å². The SMILES string of the molecule is O=C(CCC1CCCC1)N1CCc2[nH]cnc2[C@H]1c1nc2ccccc2[nH]1. The summed E-state index contributed by atoms with van der Waals surface area (Å²) in [7, 11) is 0. The highest BCUT2D eigenvalue weighted by Gasteiger charge is 2.36. The standard InChI is InChI=1S/C21H25N5O/c27-18(10-9-14-5-1-2-6-14)26-12-11-17-19(23-13-22-17)20(26)21-24-15-7-3-4-8-16(15)25-21/h3-4,7-8,13-14,20H,1-2,5-6,9-12H2,(H,22,23)(H,24,25)/t20-/m0/s1. The highest BCUT2D eigenvalue weighted by molar-refractivity contribution is 5.78. The number of nitrogens with zero attached hydrogens (tertiary/aromatic N) is 3. The third-order valence-electron chi connectivity index (χ3n) is 6.15. The van der Waals surface area contributed by atoms with Crippen molar-refractivity contribution in [3.8, 4) is 0 Å². The van der Waals surface area contributed by atoms with E-state index in [0.29, 0.717) is 13.0 Å². The monoisotopic (exact) mass is 363 g/mol. The van der Waals surface area contributed by atoms with E-state index in [1.807, 2.05) is 29.2 Å². The number of carbonyl (C=O) groups is 1. The molecule has 6 nitrogen and oxygen atoms in total. The molecule has 2 aromatic heterocycles. The lowest BCUT2D eigenvalue weighted by Crippen LogP contribution is -2.41. The molecule has 6 heteroatoms. The molecule has 27 heavy (non-hydrogen) atoms. The Hall–Kier alpha value is -2.63.